The van der Waals surface area contributed by atoms with Crippen molar-refractivity contribution in [1.29, 1.82) is 0 Å². The summed E-state index contributed by atoms with van der Waals surface area (Å²) in [5.41, 5.74) is 0.988. The highest BCUT2D eigenvalue weighted by molar-refractivity contribution is 6.22. The van der Waals surface area contributed by atoms with Gasteiger partial charge in [-0.25, -0.2) is 0 Å². The Bertz CT molecular complexity index is 1220. The second-order valence-electron chi connectivity index (χ2n) is 8.58. The highest BCUT2D eigenvalue weighted by Crippen LogP contribution is 2.32. The van der Waals surface area contributed by atoms with Crippen molar-refractivity contribution in [2.75, 3.05) is 4.90 Å². The molecule has 3 amide bonds. The van der Waals surface area contributed by atoms with Gasteiger partial charge in [-0.1, -0.05) is 18.2 Å². The molecule has 0 fully saturated rings. The third-order valence-electron chi connectivity index (χ3n) is 5.27. The van der Waals surface area contributed by atoms with Gasteiger partial charge in [-0.2, -0.15) is 0 Å². The van der Waals surface area contributed by atoms with E-state index in [2.05, 4.69) is 4.98 Å². The van der Waals surface area contributed by atoms with E-state index >= 15 is 0 Å². The van der Waals surface area contributed by atoms with E-state index in [0.29, 0.717) is 11.4 Å². The quantitative estimate of drug-likeness (QED) is 0.633. The number of pyridine rings is 1. The van der Waals surface area contributed by atoms with Crippen LogP contribution < -0.4 is 4.90 Å². The summed E-state index contributed by atoms with van der Waals surface area (Å²) >= 11 is 0. The lowest BCUT2D eigenvalue weighted by atomic mass is 10.0. The van der Waals surface area contributed by atoms with Crippen LogP contribution in [0.2, 0.25) is 0 Å². The number of carbonyl (C=O) groups is 3. The molecule has 162 valence electrons. The number of fused-ring (bicyclic) bond motifs is 1. The molecule has 0 saturated heterocycles. The first kappa shape index (κ1) is 21.2. The normalized spacial score (nSPS) is 13.3. The van der Waals surface area contributed by atoms with E-state index in [-0.39, 0.29) is 34.9 Å². The van der Waals surface area contributed by atoms with E-state index in [1.165, 1.54) is 34.1 Å². The van der Waals surface area contributed by atoms with Crippen molar-refractivity contribution in [3.8, 4) is 5.75 Å². The van der Waals surface area contributed by atoms with E-state index in [4.69, 9.17) is 0 Å². The molecule has 0 aliphatic carbocycles. The maximum Gasteiger partial charge on any atom is 0.262 e. The topological polar surface area (TPSA) is 90.8 Å². The standard InChI is InChI=1S/C25H23N3O4/c1-25(2,3)28-23(31)18-12-11-16(14-19(18)24(28)32)22(30)27(15-17-8-6-7-13-26-17)20-9-4-5-10-21(20)29/h4-14,29H,15H2,1-3H3. The molecule has 1 aliphatic heterocycles. The Kier molecular flexibility index (Phi) is 5.26. The van der Waals surface area contributed by atoms with Gasteiger partial charge in [0.15, 0.2) is 0 Å². The molecular formula is C25H23N3O4. The number of amides is 3. The van der Waals surface area contributed by atoms with Crippen LogP contribution in [0.3, 0.4) is 0 Å². The molecule has 32 heavy (non-hydrogen) atoms. The first-order chi connectivity index (χ1) is 15.2. The van der Waals surface area contributed by atoms with Crippen LogP contribution in [-0.2, 0) is 6.54 Å². The summed E-state index contributed by atoms with van der Waals surface area (Å²) in [6, 6.07) is 16.4. The first-order valence-corrected chi connectivity index (χ1v) is 10.2. The number of phenolic OH excluding ortho intramolecular Hbond substituents is 1. The smallest absolute Gasteiger partial charge is 0.262 e. The summed E-state index contributed by atoms with van der Waals surface area (Å²) in [6.45, 7) is 5.48. The van der Waals surface area contributed by atoms with Crippen LogP contribution in [0, 0.1) is 0 Å². The van der Waals surface area contributed by atoms with Crippen LogP contribution in [0.1, 0.15) is 57.5 Å². The average Bonchev–Trinajstić information content (AvgIpc) is 3.02. The van der Waals surface area contributed by atoms with Gasteiger partial charge in [0.2, 0.25) is 0 Å². The molecule has 4 rings (SSSR count). The Morgan fingerprint density at radius 2 is 1.66 bits per heavy atom. The van der Waals surface area contributed by atoms with Gasteiger partial charge in [0, 0.05) is 17.3 Å². The number of carbonyl (C=O) groups excluding carboxylic acids is 3. The molecule has 0 bridgehead atoms. The maximum absolute atomic E-state index is 13.5. The van der Waals surface area contributed by atoms with E-state index in [0.717, 1.165) is 0 Å². The zero-order chi connectivity index (χ0) is 23.0. The lowest BCUT2D eigenvalue weighted by Crippen LogP contribution is -2.45. The highest BCUT2D eigenvalue weighted by atomic mass is 16.3. The van der Waals surface area contributed by atoms with Crippen molar-refractivity contribution in [3.05, 3.63) is 89.2 Å². The van der Waals surface area contributed by atoms with E-state index in [1.54, 1.807) is 57.3 Å². The molecule has 0 unspecified atom stereocenters. The van der Waals surface area contributed by atoms with Gasteiger partial charge in [-0.3, -0.25) is 29.2 Å². The summed E-state index contributed by atoms with van der Waals surface area (Å²) in [5.74, 6) is -1.27. The minimum atomic E-state index is -0.682. The van der Waals surface area contributed by atoms with Gasteiger partial charge >= 0.3 is 0 Å². The Hall–Kier alpha value is -4.00. The fourth-order valence-electron chi connectivity index (χ4n) is 3.75. The molecule has 7 nitrogen and oxygen atoms in total. The zero-order valence-electron chi connectivity index (χ0n) is 18.1. The summed E-state index contributed by atoms with van der Waals surface area (Å²) < 4.78 is 0. The SMILES string of the molecule is CC(C)(C)N1C(=O)c2ccc(C(=O)N(Cc3ccccn3)c3ccccc3O)cc2C1=O. The molecule has 2 heterocycles. The third-order valence-corrected chi connectivity index (χ3v) is 5.27. The molecular weight excluding hydrogens is 406 g/mol. The Morgan fingerprint density at radius 1 is 0.969 bits per heavy atom. The number of para-hydroxylation sites is 2. The molecule has 7 heteroatoms. The molecule has 1 N–H and O–H groups in total. The molecule has 0 spiro atoms. The summed E-state index contributed by atoms with van der Waals surface area (Å²) in [5, 5.41) is 10.4. The minimum absolute atomic E-state index is 0.0527. The van der Waals surface area contributed by atoms with Crippen LogP contribution in [-0.4, -0.2) is 38.3 Å². The van der Waals surface area contributed by atoms with Crippen molar-refractivity contribution in [1.82, 2.24) is 9.88 Å². The van der Waals surface area contributed by atoms with E-state index < -0.39 is 17.4 Å². The predicted octanol–water partition coefficient (Wildman–Crippen LogP) is 4.03. The number of hydrogen-bond acceptors (Lipinski definition) is 5. The van der Waals surface area contributed by atoms with Crippen molar-refractivity contribution in [2.24, 2.45) is 0 Å². The van der Waals surface area contributed by atoms with Gasteiger partial charge in [0.25, 0.3) is 17.7 Å². The summed E-state index contributed by atoms with van der Waals surface area (Å²) in [4.78, 5) is 46.1. The number of benzene rings is 2. The lowest BCUT2D eigenvalue weighted by molar-refractivity contribution is 0.0507. The molecule has 1 aromatic heterocycles. The molecule has 1 aliphatic rings. The highest BCUT2D eigenvalue weighted by Gasteiger charge is 2.42. The van der Waals surface area contributed by atoms with Gasteiger partial charge in [-0.05, 0) is 63.2 Å². The number of phenols is 1. The summed E-state index contributed by atoms with van der Waals surface area (Å²) in [6.07, 6.45) is 1.63. The number of hydrogen-bond donors (Lipinski definition) is 1. The van der Waals surface area contributed by atoms with Crippen molar-refractivity contribution >= 4 is 23.4 Å². The Balaban J connectivity index is 1.75. The number of aromatic nitrogens is 1. The van der Waals surface area contributed by atoms with Crippen LogP contribution >= 0.6 is 0 Å². The molecule has 3 aromatic rings. The molecule has 0 radical (unpaired) electrons. The minimum Gasteiger partial charge on any atom is -0.506 e. The number of nitrogens with zero attached hydrogens (tertiary/aromatic N) is 3. The number of anilines is 1. The van der Waals surface area contributed by atoms with Gasteiger partial charge in [-0.15, -0.1) is 0 Å². The van der Waals surface area contributed by atoms with Crippen LogP contribution in [0.15, 0.2) is 66.9 Å². The maximum atomic E-state index is 13.5. The number of rotatable bonds is 4. The van der Waals surface area contributed by atoms with Gasteiger partial charge in [0.05, 0.1) is 29.1 Å². The predicted molar refractivity (Wildman–Crippen MR) is 120 cm³/mol. The monoisotopic (exact) mass is 429 g/mol. The van der Waals surface area contributed by atoms with Crippen molar-refractivity contribution in [3.63, 3.8) is 0 Å². The second-order valence-corrected chi connectivity index (χ2v) is 8.58. The van der Waals surface area contributed by atoms with Gasteiger partial charge in [0.1, 0.15) is 5.75 Å². The lowest BCUT2D eigenvalue weighted by Gasteiger charge is -2.29. The van der Waals surface area contributed by atoms with Crippen LogP contribution in [0.4, 0.5) is 5.69 Å². The Labute approximate surface area is 185 Å². The van der Waals surface area contributed by atoms with E-state index in [9.17, 15) is 19.5 Å². The average molecular weight is 429 g/mol. The van der Waals surface area contributed by atoms with Crippen LogP contribution in [0.5, 0.6) is 5.75 Å². The van der Waals surface area contributed by atoms with Crippen molar-refractivity contribution in [2.45, 2.75) is 32.9 Å². The second kappa shape index (κ2) is 7.92. The fourth-order valence-corrected chi connectivity index (χ4v) is 3.75. The molecule has 0 saturated carbocycles. The Morgan fingerprint density at radius 3 is 2.31 bits per heavy atom. The fraction of sp³-hybridized carbons (Fsp3) is 0.200. The number of aromatic hydroxyl groups is 1. The molecule has 0 atom stereocenters. The summed E-state index contributed by atoms with van der Waals surface area (Å²) in [7, 11) is 0. The largest absolute Gasteiger partial charge is 0.506 e. The van der Waals surface area contributed by atoms with Gasteiger partial charge < -0.3 is 5.11 Å². The third kappa shape index (κ3) is 3.73. The zero-order valence-corrected chi connectivity index (χ0v) is 18.1. The van der Waals surface area contributed by atoms with Crippen molar-refractivity contribution < 1.29 is 19.5 Å². The number of imide groups is 1. The first-order valence-electron chi connectivity index (χ1n) is 10.2. The van der Waals surface area contributed by atoms with Crippen LogP contribution in [0.25, 0.3) is 0 Å². The molecule has 2 aromatic carbocycles. The van der Waals surface area contributed by atoms with E-state index in [1.807, 2.05) is 6.07 Å².